The highest BCUT2D eigenvalue weighted by atomic mass is 35.5. The van der Waals surface area contributed by atoms with E-state index in [9.17, 15) is 31.5 Å². The van der Waals surface area contributed by atoms with Crippen molar-refractivity contribution < 1.29 is 40.7 Å². The number of tetrazole rings is 1. The number of carbonyl (C=O) groups excluding carboxylic acids is 2. The molecule has 0 radical (unpaired) electrons. The molecule has 3 N–H and O–H groups in total. The standard InChI is InChI=1S/C26H22ClF6N11O3.C5H12/c1-35-23(34)43(22(45)14-3-5-17(16(28)8-14)42-12-37-40-41-42)19(10-47-24(46)39-25(6-7-25)26(31,32)33)13-2-4-15(27)18(9-13)44-21(20(29)30)36-11-38-44;1-5(2,3)4/h2-5,8-9,11-12,19-20H,6-7,10H2,1H3,(H2,34,35)(H,39,46);1-4H3/t19-;/m1./s1. The van der Waals surface area contributed by atoms with Gasteiger partial charge in [0.1, 0.15) is 36.3 Å². The van der Waals surface area contributed by atoms with Crippen LogP contribution in [0.15, 0.2) is 54.0 Å². The summed E-state index contributed by atoms with van der Waals surface area (Å²) >= 11 is 6.30. The molecule has 1 aliphatic rings. The Morgan fingerprint density at radius 3 is 2.33 bits per heavy atom. The van der Waals surface area contributed by atoms with E-state index < -0.39 is 60.4 Å². The van der Waals surface area contributed by atoms with Gasteiger partial charge in [-0.15, -0.1) is 5.10 Å². The minimum atomic E-state index is -4.75. The second-order valence-electron chi connectivity index (χ2n) is 13.0. The van der Waals surface area contributed by atoms with Gasteiger partial charge in [0.2, 0.25) is 0 Å². The van der Waals surface area contributed by atoms with Gasteiger partial charge in [0.05, 0.1) is 16.8 Å². The van der Waals surface area contributed by atoms with Crippen molar-refractivity contribution >= 4 is 29.6 Å². The molecule has 2 heterocycles. The van der Waals surface area contributed by atoms with Crippen molar-refractivity contribution in [3.63, 3.8) is 0 Å². The van der Waals surface area contributed by atoms with Crippen LogP contribution in [0.25, 0.3) is 11.4 Å². The number of rotatable bonds is 9. The number of benzene rings is 2. The Hall–Kier alpha value is -5.27. The molecule has 1 atom stereocenters. The van der Waals surface area contributed by atoms with Crippen LogP contribution in [0.4, 0.5) is 31.1 Å². The highest BCUT2D eigenvalue weighted by Gasteiger charge is 2.64. The first-order valence-electron chi connectivity index (χ1n) is 15.3. The predicted octanol–water partition coefficient (Wildman–Crippen LogP) is 5.97. The predicted molar refractivity (Wildman–Crippen MR) is 175 cm³/mol. The van der Waals surface area contributed by atoms with Crippen LogP contribution in [-0.2, 0) is 4.74 Å². The van der Waals surface area contributed by atoms with Crippen molar-refractivity contribution in [2.45, 2.75) is 64.7 Å². The zero-order chi connectivity index (χ0) is 38.6. The Bertz CT molecular complexity index is 1900. The molecular formula is C31H34ClF6N11O3. The lowest BCUT2D eigenvalue weighted by Crippen LogP contribution is -2.49. The lowest BCUT2D eigenvalue weighted by atomic mass is 10.0. The molecule has 52 heavy (non-hydrogen) atoms. The van der Waals surface area contributed by atoms with Crippen molar-refractivity contribution in [2.75, 3.05) is 13.7 Å². The van der Waals surface area contributed by atoms with E-state index in [1.165, 1.54) is 37.4 Å². The van der Waals surface area contributed by atoms with Gasteiger partial charge in [0.15, 0.2) is 11.8 Å². The zero-order valence-electron chi connectivity index (χ0n) is 28.4. The molecule has 0 saturated heterocycles. The largest absolute Gasteiger partial charge is 0.447 e. The minimum Gasteiger partial charge on any atom is -0.447 e. The molecule has 2 aromatic carbocycles. The summed E-state index contributed by atoms with van der Waals surface area (Å²) in [5.41, 5.74) is 3.62. The van der Waals surface area contributed by atoms with Gasteiger partial charge in [-0.1, -0.05) is 45.4 Å². The van der Waals surface area contributed by atoms with Crippen LogP contribution in [-0.4, -0.2) is 83.2 Å². The number of aliphatic imine (C=N–C) groups is 1. The number of hydrogen-bond acceptors (Lipinski definition) is 9. The van der Waals surface area contributed by atoms with E-state index in [0.717, 1.165) is 33.0 Å². The molecule has 2 aromatic heterocycles. The SMILES string of the molecule is CC(C)(C)C.CN=C(N)N(C(=O)c1ccc(-n2cnnn2)c(F)c1)[C@H](COC(=O)NC1(C(F)(F)F)CC1)c1ccc(Cl)c(-n2ncnc2C(F)F)c1. The molecule has 1 aliphatic carbocycles. The topological polar surface area (TPSA) is 171 Å². The molecule has 2 amide bonds. The third-order valence-corrected chi connectivity index (χ3v) is 7.48. The number of alkyl carbamates (subject to hydrolysis) is 1. The molecule has 0 spiro atoms. The minimum absolute atomic E-state index is 0.0237. The maximum atomic E-state index is 15.1. The lowest BCUT2D eigenvalue weighted by Gasteiger charge is -2.31. The molecule has 1 fully saturated rings. The van der Waals surface area contributed by atoms with Gasteiger partial charge in [-0.3, -0.25) is 14.7 Å². The normalized spacial score (nSPS) is 14.7. The van der Waals surface area contributed by atoms with E-state index in [2.05, 4.69) is 58.3 Å². The van der Waals surface area contributed by atoms with Crippen molar-refractivity contribution in [2.24, 2.45) is 16.1 Å². The van der Waals surface area contributed by atoms with E-state index in [-0.39, 0.29) is 40.4 Å². The van der Waals surface area contributed by atoms with Gasteiger partial charge in [-0.25, -0.2) is 27.6 Å². The van der Waals surface area contributed by atoms with Gasteiger partial charge >= 0.3 is 12.3 Å². The molecule has 0 aliphatic heterocycles. The first kappa shape index (κ1) is 39.5. The summed E-state index contributed by atoms with van der Waals surface area (Å²) in [4.78, 5) is 34.7. The van der Waals surface area contributed by atoms with E-state index in [4.69, 9.17) is 22.1 Å². The first-order valence-corrected chi connectivity index (χ1v) is 15.7. The van der Waals surface area contributed by atoms with E-state index in [1.54, 1.807) is 5.32 Å². The number of carbonyl (C=O) groups is 2. The average Bonchev–Trinajstić information content (AvgIpc) is 3.42. The number of ether oxygens (including phenoxy) is 1. The van der Waals surface area contributed by atoms with Crippen LogP contribution in [0.1, 0.15) is 74.7 Å². The fraction of sp³-hybridized carbons (Fsp3) is 0.419. The second kappa shape index (κ2) is 15.5. The van der Waals surface area contributed by atoms with Crippen molar-refractivity contribution in [3.8, 4) is 11.4 Å². The van der Waals surface area contributed by atoms with Crippen LogP contribution < -0.4 is 11.1 Å². The third-order valence-electron chi connectivity index (χ3n) is 7.16. The lowest BCUT2D eigenvalue weighted by molar-refractivity contribution is -0.164. The average molecular weight is 758 g/mol. The van der Waals surface area contributed by atoms with Gasteiger partial charge in [0.25, 0.3) is 12.3 Å². The summed E-state index contributed by atoms with van der Waals surface area (Å²) in [7, 11) is 1.21. The Morgan fingerprint density at radius 1 is 1.12 bits per heavy atom. The number of hydrogen-bond donors (Lipinski definition) is 2. The molecular weight excluding hydrogens is 724 g/mol. The maximum absolute atomic E-state index is 15.1. The third kappa shape index (κ3) is 9.33. The highest BCUT2D eigenvalue weighted by molar-refractivity contribution is 6.32. The number of nitrogens with zero attached hydrogens (tertiary/aromatic N) is 9. The first-order chi connectivity index (χ1) is 24.3. The van der Waals surface area contributed by atoms with E-state index >= 15 is 4.39 Å². The van der Waals surface area contributed by atoms with E-state index in [0.29, 0.717) is 5.41 Å². The smallest absolute Gasteiger partial charge is 0.411 e. The quantitative estimate of drug-likeness (QED) is 0.119. The Balaban J connectivity index is 0.00000113. The zero-order valence-corrected chi connectivity index (χ0v) is 29.1. The molecule has 4 aromatic rings. The molecule has 0 unspecified atom stereocenters. The summed E-state index contributed by atoms with van der Waals surface area (Å²) in [5, 5.41) is 15.9. The van der Waals surface area contributed by atoms with Gasteiger partial charge in [-0.05, 0) is 64.6 Å². The Morgan fingerprint density at radius 2 is 1.79 bits per heavy atom. The number of amides is 2. The summed E-state index contributed by atoms with van der Waals surface area (Å²) in [6, 6.07) is 5.53. The van der Waals surface area contributed by atoms with Crippen molar-refractivity contribution in [3.05, 3.63) is 76.8 Å². The number of nitrogens with two attached hydrogens (primary N) is 1. The van der Waals surface area contributed by atoms with Crippen LogP contribution in [0.2, 0.25) is 5.02 Å². The van der Waals surface area contributed by atoms with Crippen LogP contribution >= 0.6 is 11.6 Å². The fourth-order valence-corrected chi connectivity index (χ4v) is 4.74. The van der Waals surface area contributed by atoms with Crippen LogP contribution in [0.5, 0.6) is 0 Å². The number of nitrogens with one attached hydrogen (secondary N) is 1. The number of alkyl halides is 5. The molecule has 5 rings (SSSR count). The Labute approximate surface area is 298 Å². The van der Waals surface area contributed by atoms with Gasteiger partial charge in [-0.2, -0.15) is 23.0 Å². The monoisotopic (exact) mass is 757 g/mol. The van der Waals surface area contributed by atoms with Crippen molar-refractivity contribution in [1.82, 2.24) is 45.2 Å². The summed E-state index contributed by atoms with van der Waals surface area (Å²) in [5.74, 6) is -3.19. The van der Waals surface area contributed by atoms with E-state index in [1.807, 2.05) is 0 Å². The summed E-state index contributed by atoms with van der Waals surface area (Å²) < 4.78 is 89.7. The van der Waals surface area contributed by atoms with Crippen molar-refractivity contribution in [1.29, 1.82) is 0 Å². The molecule has 280 valence electrons. The Kier molecular flexibility index (Phi) is 11.8. The summed E-state index contributed by atoms with van der Waals surface area (Å²) in [6.07, 6.45) is -8.06. The number of halogens is 7. The molecule has 14 nitrogen and oxygen atoms in total. The van der Waals surface area contributed by atoms with Crippen LogP contribution in [0, 0.1) is 11.2 Å². The molecule has 0 bridgehead atoms. The summed E-state index contributed by atoms with van der Waals surface area (Å²) in [6.45, 7) is 7.91. The van der Waals surface area contributed by atoms with Gasteiger partial charge in [0, 0.05) is 12.6 Å². The highest BCUT2D eigenvalue weighted by Crippen LogP contribution is 2.49. The molecule has 1 saturated carbocycles. The number of aromatic nitrogens is 7. The molecule has 21 heteroatoms. The second-order valence-corrected chi connectivity index (χ2v) is 13.4. The maximum Gasteiger partial charge on any atom is 0.411 e. The van der Waals surface area contributed by atoms with Gasteiger partial charge < -0.3 is 15.8 Å². The fourth-order valence-electron chi connectivity index (χ4n) is 4.54. The van der Waals surface area contributed by atoms with Crippen LogP contribution in [0.3, 0.4) is 0 Å². The number of guanidine groups is 1.